The van der Waals surface area contributed by atoms with Gasteiger partial charge in [0.25, 0.3) is 0 Å². The molecule has 1 fully saturated rings. The van der Waals surface area contributed by atoms with Crippen LogP contribution in [0.1, 0.15) is 26.2 Å². The number of anilines is 2. The summed E-state index contributed by atoms with van der Waals surface area (Å²) in [6.07, 6.45) is 3.51. The minimum atomic E-state index is -0.186. The molecule has 0 spiro atoms. The zero-order chi connectivity index (χ0) is 14.5. The Bertz CT molecular complexity index is 453. The lowest BCUT2D eigenvalue weighted by Crippen LogP contribution is -2.44. The minimum absolute atomic E-state index is 0.186. The van der Waals surface area contributed by atoms with Crippen molar-refractivity contribution in [1.29, 1.82) is 0 Å². The average molecular weight is 275 g/mol. The topological polar surface area (TPSA) is 35.6 Å². The Balaban J connectivity index is 2.03. The molecule has 1 aliphatic rings. The number of rotatable bonds is 4. The number of piperidine rings is 1. The Kier molecular flexibility index (Phi) is 4.88. The van der Waals surface area contributed by atoms with Crippen molar-refractivity contribution >= 4 is 17.3 Å². The van der Waals surface area contributed by atoms with Gasteiger partial charge in [0.1, 0.15) is 6.04 Å². The maximum Gasteiger partial charge on any atom is 0.244 e. The summed E-state index contributed by atoms with van der Waals surface area (Å²) in [7, 11) is 4.02. The predicted molar refractivity (Wildman–Crippen MR) is 84.3 cm³/mol. The van der Waals surface area contributed by atoms with E-state index in [9.17, 15) is 4.79 Å². The van der Waals surface area contributed by atoms with E-state index in [-0.39, 0.29) is 11.9 Å². The first-order valence-corrected chi connectivity index (χ1v) is 7.41. The van der Waals surface area contributed by atoms with E-state index in [0.29, 0.717) is 0 Å². The van der Waals surface area contributed by atoms with Crippen LogP contribution in [0.15, 0.2) is 24.3 Å². The molecule has 0 radical (unpaired) electrons. The highest BCUT2D eigenvalue weighted by Gasteiger charge is 2.22. The number of hydrogen-bond acceptors (Lipinski definition) is 3. The van der Waals surface area contributed by atoms with Gasteiger partial charge in [-0.3, -0.25) is 4.79 Å². The van der Waals surface area contributed by atoms with Crippen LogP contribution in [0.5, 0.6) is 0 Å². The molecule has 1 unspecified atom stereocenters. The van der Waals surface area contributed by atoms with Gasteiger partial charge >= 0.3 is 0 Å². The molecule has 1 atom stereocenters. The third kappa shape index (κ3) is 3.44. The molecule has 1 aromatic carbocycles. The first-order valence-electron chi connectivity index (χ1n) is 7.41. The summed E-state index contributed by atoms with van der Waals surface area (Å²) in [5, 5.41) is 3.36. The van der Waals surface area contributed by atoms with Gasteiger partial charge < -0.3 is 15.1 Å². The highest BCUT2D eigenvalue weighted by Crippen LogP contribution is 2.24. The molecule has 1 N–H and O–H groups in total. The molecular formula is C16H25N3O. The summed E-state index contributed by atoms with van der Waals surface area (Å²) < 4.78 is 0. The molecule has 20 heavy (non-hydrogen) atoms. The third-order valence-corrected chi connectivity index (χ3v) is 3.80. The van der Waals surface area contributed by atoms with Crippen LogP contribution in [0.25, 0.3) is 0 Å². The number of amides is 1. The predicted octanol–water partition coefficient (Wildman–Crippen LogP) is 2.57. The fourth-order valence-electron chi connectivity index (χ4n) is 2.67. The van der Waals surface area contributed by atoms with Gasteiger partial charge in [-0.15, -0.1) is 0 Å². The van der Waals surface area contributed by atoms with E-state index in [2.05, 4.69) is 16.3 Å². The van der Waals surface area contributed by atoms with Crippen LogP contribution < -0.4 is 10.2 Å². The summed E-state index contributed by atoms with van der Waals surface area (Å²) in [6, 6.07) is 7.90. The average Bonchev–Trinajstić information content (AvgIpc) is 2.47. The standard InChI is InChI=1S/C16H25N3O/c1-13(16(20)19-11-7-4-8-12-19)17-14-9-5-6-10-15(14)18(2)3/h5-6,9-10,13,17H,4,7-8,11-12H2,1-3H3. The van der Waals surface area contributed by atoms with Crippen LogP contribution in [0.2, 0.25) is 0 Å². The SMILES string of the molecule is CC(Nc1ccccc1N(C)C)C(=O)N1CCCCC1. The lowest BCUT2D eigenvalue weighted by Gasteiger charge is -2.30. The Labute approximate surface area is 121 Å². The van der Waals surface area contributed by atoms with Gasteiger partial charge in [0, 0.05) is 27.2 Å². The van der Waals surface area contributed by atoms with E-state index < -0.39 is 0 Å². The molecule has 1 heterocycles. The Morgan fingerprint density at radius 3 is 2.50 bits per heavy atom. The van der Waals surface area contributed by atoms with Crippen molar-refractivity contribution < 1.29 is 4.79 Å². The van der Waals surface area contributed by atoms with Gasteiger partial charge in [0.2, 0.25) is 5.91 Å². The number of likely N-dealkylation sites (tertiary alicyclic amines) is 1. The summed E-state index contributed by atoms with van der Waals surface area (Å²) >= 11 is 0. The summed E-state index contributed by atoms with van der Waals surface area (Å²) in [5.74, 6) is 0.207. The van der Waals surface area contributed by atoms with Gasteiger partial charge in [-0.05, 0) is 38.3 Å². The van der Waals surface area contributed by atoms with E-state index in [1.54, 1.807) is 0 Å². The maximum absolute atomic E-state index is 12.4. The number of carbonyl (C=O) groups excluding carboxylic acids is 1. The van der Waals surface area contributed by atoms with Crippen molar-refractivity contribution in [3.63, 3.8) is 0 Å². The van der Waals surface area contributed by atoms with E-state index in [4.69, 9.17) is 0 Å². The van der Waals surface area contributed by atoms with Crippen molar-refractivity contribution in [2.75, 3.05) is 37.4 Å². The molecule has 0 aliphatic carbocycles. The zero-order valence-corrected chi connectivity index (χ0v) is 12.7. The first kappa shape index (κ1) is 14.7. The van der Waals surface area contributed by atoms with E-state index in [1.165, 1.54) is 6.42 Å². The second-order valence-corrected chi connectivity index (χ2v) is 5.66. The van der Waals surface area contributed by atoms with Crippen LogP contribution in [-0.4, -0.2) is 44.0 Å². The Morgan fingerprint density at radius 2 is 1.85 bits per heavy atom. The van der Waals surface area contributed by atoms with Gasteiger partial charge in [-0.25, -0.2) is 0 Å². The van der Waals surface area contributed by atoms with Gasteiger partial charge in [-0.2, -0.15) is 0 Å². The molecular weight excluding hydrogens is 250 g/mol. The largest absolute Gasteiger partial charge is 0.376 e. The molecule has 1 saturated heterocycles. The number of para-hydroxylation sites is 2. The van der Waals surface area contributed by atoms with Gasteiger partial charge in [0.15, 0.2) is 0 Å². The molecule has 1 aromatic rings. The lowest BCUT2D eigenvalue weighted by molar-refractivity contribution is -0.132. The molecule has 4 nitrogen and oxygen atoms in total. The van der Waals surface area contributed by atoms with Crippen LogP contribution in [0.3, 0.4) is 0 Å². The first-order chi connectivity index (χ1) is 9.59. The number of nitrogens with one attached hydrogen (secondary N) is 1. The smallest absolute Gasteiger partial charge is 0.244 e. The minimum Gasteiger partial charge on any atom is -0.376 e. The normalized spacial score (nSPS) is 16.6. The molecule has 1 aliphatic heterocycles. The fraction of sp³-hybridized carbons (Fsp3) is 0.562. The molecule has 1 amide bonds. The number of nitrogens with zero attached hydrogens (tertiary/aromatic N) is 2. The molecule has 0 aromatic heterocycles. The highest BCUT2D eigenvalue weighted by molar-refractivity contribution is 5.86. The molecule has 0 saturated carbocycles. The summed E-state index contributed by atoms with van der Waals surface area (Å²) in [6.45, 7) is 3.75. The van der Waals surface area contributed by atoms with E-state index >= 15 is 0 Å². The fourth-order valence-corrected chi connectivity index (χ4v) is 2.67. The maximum atomic E-state index is 12.4. The monoisotopic (exact) mass is 275 g/mol. The summed E-state index contributed by atoms with van der Waals surface area (Å²) in [5.41, 5.74) is 2.11. The van der Waals surface area contributed by atoms with Crippen molar-refractivity contribution in [2.45, 2.75) is 32.2 Å². The molecule has 2 rings (SSSR count). The number of carbonyl (C=O) groups is 1. The van der Waals surface area contributed by atoms with Gasteiger partial charge in [0.05, 0.1) is 11.4 Å². The van der Waals surface area contributed by atoms with Crippen LogP contribution >= 0.6 is 0 Å². The second-order valence-electron chi connectivity index (χ2n) is 5.66. The number of benzene rings is 1. The lowest BCUT2D eigenvalue weighted by atomic mass is 10.1. The Hall–Kier alpha value is -1.71. The second kappa shape index (κ2) is 6.64. The number of hydrogen-bond donors (Lipinski definition) is 1. The van der Waals surface area contributed by atoms with Crippen LogP contribution in [0, 0.1) is 0 Å². The van der Waals surface area contributed by atoms with Gasteiger partial charge in [-0.1, -0.05) is 12.1 Å². The van der Waals surface area contributed by atoms with Crippen molar-refractivity contribution in [2.24, 2.45) is 0 Å². The van der Waals surface area contributed by atoms with Crippen molar-refractivity contribution in [3.8, 4) is 0 Å². The van der Waals surface area contributed by atoms with Crippen molar-refractivity contribution in [3.05, 3.63) is 24.3 Å². The van der Waals surface area contributed by atoms with Crippen LogP contribution in [-0.2, 0) is 4.79 Å². The van der Waals surface area contributed by atoms with Crippen molar-refractivity contribution in [1.82, 2.24) is 4.90 Å². The highest BCUT2D eigenvalue weighted by atomic mass is 16.2. The zero-order valence-electron chi connectivity index (χ0n) is 12.7. The third-order valence-electron chi connectivity index (χ3n) is 3.80. The van der Waals surface area contributed by atoms with E-state index in [1.807, 2.05) is 44.1 Å². The molecule has 0 bridgehead atoms. The molecule has 4 heteroatoms. The molecule has 110 valence electrons. The quantitative estimate of drug-likeness (QED) is 0.917. The Morgan fingerprint density at radius 1 is 1.20 bits per heavy atom. The van der Waals surface area contributed by atoms with E-state index in [0.717, 1.165) is 37.3 Å². The van der Waals surface area contributed by atoms with Crippen LogP contribution in [0.4, 0.5) is 11.4 Å². The summed E-state index contributed by atoms with van der Waals surface area (Å²) in [4.78, 5) is 16.5.